The van der Waals surface area contributed by atoms with Crippen LogP contribution in [0.1, 0.15) is 25.0 Å². The second-order valence-electron chi connectivity index (χ2n) is 7.11. The van der Waals surface area contributed by atoms with E-state index in [1.165, 1.54) is 0 Å². The zero-order valence-electron chi connectivity index (χ0n) is 15.8. The number of aromatic amines is 1. The van der Waals surface area contributed by atoms with Gasteiger partial charge in [-0.15, -0.1) is 0 Å². The predicted octanol–water partition coefficient (Wildman–Crippen LogP) is 3.25. The number of rotatable bonds is 4. The quantitative estimate of drug-likeness (QED) is 0.730. The molecule has 7 heteroatoms. The number of aryl methyl sites for hydroxylation is 1. The molecule has 1 fully saturated rings. The highest BCUT2D eigenvalue weighted by Gasteiger charge is 2.25. The molecule has 1 saturated heterocycles. The standard InChI is InChI=1S/C21H22N6O/c1-14-4-2-6-18(25-14)17-12-24-21-16(8-10-23-21)20(17)26-15-5-3-11-27(13-15)19(28)7-9-22/h2,4,6,8,10,12,15H,3,5,7,11,13H2,1H3,(H2,23,24,26). The summed E-state index contributed by atoms with van der Waals surface area (Å²) in [5.41, 5.74) is 4.54. The fraction of sp³-hybridized carbons (Fsp3) is 0.333. The van der Waals surface area contributed by atoms with Gasteiger partial charge in [-0.05, 0) is 38.0 Å². The summed E-state index contributed by atoms with van der Waals surface area (Å²) in [6.45, 7) is 3.27. The molecule has 1 amide bonds. The van der Waals surface area contributed by atoms with Crippen LogP contribution in [0.25, 0.3) is 22.3 Å². The van der Waals surface area contributed by atoms with Crippen LogP contribution in [0, 0.1) is 18.3 Å². The summed E-state index contributed by atoms with van der Waals surface area (Å²) in [4.78, 5) is 26.3. The first-order valence-electron chi connectivity index (χ1n) is 9.47. The Bertz CT molecular complexity index is 1050. The SMILES string of the molecule is Cc1cccc(-c2cnc3[nH]ccc3c2NC2CCCN(C(=O)CC#N)C2)n1. The lowest BCUT2D eigenvalue weighted by atomic mass is 10.0. The number of fused-ring (bicyclic) bond motifs is 1. The van der Waals surface area contributed by atoms with Gasteiger partial charge in [0, 0.05) is 48.2 Å². The summed E-state index contributed by atoms with van der Waals surface area (Å²) in [7, 11) is 0. The number of carbonyl (C=O) groups is 1. The van der Waals surface area contributed by atoms with Gasteiger partial charge in [-0.1, -0.05) is 6.07 Å². The van der Waals surface area contributed by atoms with Crippen molar-refractivity contribution < 1.29 is 4.79 Å². The van der Waals surface area contributed by atoms with Crippen LogP contribution in [0.2, 0.25) is 0 Å². The Hall–Kier alpha value is -3.40. The van der Waals surface area contributed by atoms with E-state index in [1.54, 1.807) is 4.90 Å². The average Bonchev–Trinajstić information content (AvgIpc) is 3.18. The molecule has 3 aromatic rings. The van der Waals surface area contributed by atoms with E-state index in [1.807, 2.05) is 49.7 Å². The highest BCUT2D eigenvalue weighted by molar-refractivity contribution is 5.97. The molecule has 142 valence electrons. The average molecular weight is 374 g/mol. The maximum absolute atomic E-state index is 12.1. The number of nitriles is 1. The summed E-state index contributed by atoms with van der Waals surface area (Å²) < 4.78 is 0. The number of aromatic nitrogens is 3. The number of carbonyl (C=O) groups excluding carboxylic acids is 1. The Kier molecular flexibility index (Phi) is 4.94. The Morgan fingerprint density at radius 2 is 2.32 bits per heavy atom. The van der Waals surface area contributed by atoms with E-state index < -0.39 is 0 Å². The Balaban J connectivity index is 1.68. The molecule has 28 heavy (non-hydrogen) atoms. The third-order valence-electron chi connectivity index (χ3n) is 5.10. The van der Waals surface area contributed by atoms with Crippen LogP contribution in [0.4, 0.5) is 5.69 Å². The van der Waals surface area contributed by atoms with Gasteiger partial charge in [0.1, 0.15) is 12.1 Å². The third-order valence-corrected chi connectivity index (χ3v) is 5.10. The first-order chi connectivity index (χ1) is 13.7. The van der Waals surface area contributed by atoms with E-state index in [4.69, 9.17) is 5.26 Å². The molecule has 2 N–H and O–H groups in total. The molecule has 4 rings (SSSR count). The molecule has 0 saturated carbocycles. The fourth-order valence-electron chi connectivity index (χ4n) is 3.76. The lowest BCUT2D eigenvalue weighted by molar-refractivity contribution is -0.131. The fourth-order valence-corrected chi connectivity index (χ4v) is 3.76. The van der Waals surface area contributed by atoms with Crippen LogP contribution < -0.4 is 5.32 Å². The van der Waals surface area contributed by atoms with E-state index in [0.717, 1.165) is 46.5 Å². The molecule has 7 nitrogen and oxygen atoms in total. The molecule has 1 aliphatic rings. The molecule has 1 atom stereocenters. The third kappa shape index (κ3) is 3.54. The monoisotopic (exact) mass is 374 g/mol. The summed E-state index contributed by atoms with van der Waals surface area (Å²) in [5.74, 6) is -0.101. The summed E-state index contributed by atoms with van der Waals surface area (Å²) in [5, 5.41) is 13.5. The lowest BCUT2D eigenvalue weighted by Gasteiger charge is -2.34. The molecule has 0 radical (unpaired) electrons. The van der Waals surface area contributed by atoms with Gasteiger partial charge in [-0.3, -0.25) is 9.78 Å². The number of nitrogens with one attached hydrogen (secondary N) is 2. The van der Waals surface area contributed by atoms with Crippen molar-refractivity contribution in [3.05, 3.63) is 42.4 Å². The van der Waals surface area contributed by atoms with Gasteiger partial charge in [-0.2, -0.15) is 5.26 Å². The molecule has 0 aromatic carbocycles. The Morgan fingerprint density at radius 3 is 3.14 bits per heavy atom. The molecule has 0 bridgehead atoms. The minimum Gasteiger partial charge on any atom is -0.379 e. The minimum atomic E-state index is -0.101. The molecule has 3 aromatic heterocycles. The number of piperidine rings is 1. The number of anilines is 1. The topological polar surface area (TPSA) is 97.7 Å². The van der Waals surface area contributed by atoms with Crippen molar-refractivity contribution in [2.45, 2.75) is 32.2 Å². The molecule has 1 unspecified atom stereocenters. The summed E-state index contributed by atoms with van der Waals surface area (Å²) in [6.07, 6.45) is 5.52. The van der Waals surface area contributed by atoms with Crippen LogP contribution in [0.5, 0.6) is 0 Å². The zero-order chi connectivity index (χ0) is 19.5. The molecular formula is C21H22N6O. The Labute approximate surface area is 163 Å². The number of likely N-dealkylation sites (tertiary alicyclic amines) is 1. The zero-order valence-corrected chi connectivity index (χ0v) is 15.8. The number of nitrogens with zero attached hydrogens (tertiary/aromatic N) is 4. The van der Waals surface area contributed by atoms with Crippen molar-refractivity contribution >= 4 is 22.6 Å². The number of amides is 1. The predicted molar refractivity (Wildman–Crippen MR) is 108 cm³/mol. The van der Waals surface area contributed by atoms with E-state index in [0.29, 0.717) is 13.1 Å². The second kappa shape index (κ2) is 7.69. The largest absolute Gasteiger partial charge is 0.379 e. The summed E-state index contributed by atoms with van der Waals surface area (Å²) >= 11 is 0. The minimum absolute atomic E-state index is 0.0670. The van der Waals surface area contributed by atoms with Gasteiger partial charge >= 0.3 is 0 Å². The van der Waals surface area contributed by atoms with E-state index in [-0.39, 0.29) is 18.4 Å². The van der Waals surface area contributed by atoms with Crippen LogP contribution in [0.3, 0.4) is 0 Å². The highest BCUT2D eigenvalue weighted by atomic mass is 16.2. The van der Waals surface area contributed by atoms with Crippen molar-refractivity contribution in [3.63, 3.8) is 0 Å². The van der Waals surface area contributed by atoms with Gasteiger partial charge in [0.15, 0.2) is 0 Å². The first kappa shape index (κ1) is 18.0. The molecule has 0 spiro atoms. The van der Waals surface area contributed by atoms with E-state index >= 15 is 0 Å². The number of hydrogen-bond donors (Lipinski definition) is 2. The van der Waals surface area contributed by atoms with Crippen molar-refractivity contribution in [1.82, 2.24) is 19.9 Å². The molecule has 0 aliphatic carbocycles. The second-order valence-corrected chi connectivity index (χ2v) is 7.11. The molecule has 4 heterocycles. The van der Waals surface area contributed by atoms with Crippen LogP contribution in [-0.2, 0) is 4.79 Å². The lowest BCUT2D eigenvalue weighted by Crippen LogP contribution is -2.45. The summed E-state index contributed by atoms with van der Waals surface area (Å²) in [6, 6.07) is 10.0. The van der Waals surface area contributed by atoms with Crippen molar-refractivity contribution in [2.75, 3.05) is 18.4 Å². The molecule has 1 aliphatic heterocycles. The van der Waals surface area contributed by atoms with Gasteiger partial charge in [-0.25, -0.2) is 4.98 Å². The van der Waals surface area contributed by atoms with Crippen LogP contribution in [-0.4, -0.2) is 44.9 Å². The smallest absolute Gasteiger partial charge is 0.236 e. The van der Waals surface area contributed by atoms with E-state index in [2.05, 4.69) is 20.3 Å². The van der Waals surface area contributed by atoms with Crippen molar-refractivity contribution in [3.8, 4) is 17.3 Å². The van der Waals surface area contributed by atoms with Crippen LogP contribution in [0.15, 0.2) is 36.7 Å². The highest BCUT2D eigenvalue weighted by Crippen LogP contribution is 2.33. The first-order valence-corrected chi connectivity index (χ1v) is 9.47. The van der Waals surface area contributed by atoms with Gasteiger partial charge in [0.25, 0.3) is 0 Å². The van der Waals surface area contributed by atoms with Gasteiger partial charge < -0.3 is 15.2 Å². The number of pyridine rings is 2. The van der Waals surface area contributed by atoms with Gasteiger partial charge in [0.2, 0.25) is 5.91 Å². The van der Waals surface area contributed by atoms with Crippen molar-refractivity contribution in [1.29, 1.82) is 5.26 Å². The number of H-pyrrole nitrogens is 1. The van der Waals surface area contributed by atoms with Gasteiger partial charge in [0.05, 0.1) is 17.5 Å². The Morgan fingerprint density at radius 1 is 1.43 bits per heavy atom. The van der Waals surface area contributed by atoms with Crippen LogP contribution >= 0.6 is 0 Å². The maximum atomic E-state index is 12.1. The van der Waals surface area contributed by atoms with Crippen molar-refractivity contribution in [2.24, 2.45) is 0 Å². The normalized spacial score (nSPS) is 16.7. The molecular weight excluding hydrogens is 352 g/mol. The maximum Gasteiger partial charge on any atom is 0.236 e. The van der Waals surface area contributed by atoms with E-state index in [9.17, 15) is 4.79 Å². The number of hydrogen-bond acceptors (Lipinski definition) is 5.